The molecule has 0 saturated carbocycles. The van der Waals surface area contributed by atoms with Gasteiger partial charge in [-0.1, -0.05) is 0 Å². The van der Waals surface area contributed by atoms with E-state index in [0.29, 0.717) is 17.1 Å². The van der Waals surface area contributed by atoms with Crippen LogP contribution in [0.5, 0.6) is 5.75 Å². The van der Waals surface area contributed by atoms with Gasteiger partial charge in [0.15, 0.2) is 0 Å². The lowest BCUT2D eigenvalue weighted by Crippen LogP contribution is -2.12. The summed E-state index contributed by atoms with van der Waals surface area (Å²) in [6.07, 6.45) is 1.63. The van der Waals surface area contributed by atoms with Gasteiger partial charge in [-0.05, 0) is 66.7 Å². The molecule has 4 aromatic rings. The molecule has 0 unspecified atom stereocenters. The number of hydrogen-bond acceptors (Lipinski definition) is 4. The number of hydrogen-bond donors (Lipinski definition) is 1. The molecule has 1 aromatic heterocycles. The standard InChI is InChI=1S/C20H16FN3O3S/c1-27-18-7-9-19(10-8-18)28(25,26)23-16-4-11-20-14(12-16)13-22-24(20)17-5-2-15(21)3-6-17/h2-13,23H,1H3. The van der Waals surface area contributed by atoms with Crippen LogP contribution in [0.4, 0.5) is 10.1 Å². The fraction of sp³-hybridized carbons (Fsp3) is 0.0500. The first-order chi connectivity index (χ1) is 13.5. The van der Waals surface area contributed by atoms with Crippen LogP contribution in [0, 0.1) is 5.82 Å². The summed E-state index contributed by atoms with van der Waals surface area (Å²) >= 11 is 0. The zero-order valence-corrected chi connectivity index (χ0v) is 15.7. The molecule has 8 heteroatoms. The highest BCUT2D eigenvalue weighted by Crippen LogP contribution is 2.24. The summed E-state index contributed by atoms with van der Waals surface area (Å²) in [5.41, 5.74) is 1.91. The molecule has 6 nitrogen and oxygen atoms in total. The molecule has 3 aromatic carbocycles. The van der Waals surface area contributed by atoms with E-state index in [1.165, 1.54) is 31.4 Å². The van der Waals surface area contributed by atoms with Gasteiger partial charge in [-0.15, -0.1) is 0 Å². The molecule has 1 N–H and O–H groups in total. The van der Waals surface area contributed by atoms with Gasteiger partial charge < -0.3 is 4.74 Å². The summed E-state index contributed by atoms with van der Waals surface area (Å²) in [7, 11) is -2.21. The van der Waals surface area contributed by atoms with Gasteiger partial charge in [-0.2, -0.15) is 5.10 Å². The van der Waals surface area contributed by atoms with Gasteiger partial charge in [0.25, 0.3) is 10.0 Å². The van der Waals surface area contributed by atoms with Crippen molar-refractivity contribution >= 4 is 26.6 Å². The van der Waals surface area contributed by atoms with Crippen LogP contribution in [-0.2, 0) is 10.0 Å². The summed E-state index contributed by atoms with van der Waals surface area (Å²) in [4.78, 5) is 0.135. The molecule has 0 aliphatic rings. The number of anilines is 1. The summed E-state index contributed by atoms with van der Waals surface area (Å²) < 4.78 is 47.6. The van der Waals surface area contributed by atoms with Crippen molar-refractivity contribution in [3.05, 3.63) is 78.7 Å². The monoisotopic (exact) mass is 397 g/mol. The molecular formula is C20H16FN3O3S. The number of ether oxygens (including phenoxy) is 1. The molecular weight excluding hydrogens is 381 g/mol. The van der Waals surface area contributed by atoms with Crippen LogP contribution >= 0.6 is 0 Å². The molecule has 0 saturated heterocycles. The molecule has 0 spiro atoms. The van der Waals surface area contributed by atoms with Gasteiger partial charge >= 0.3 is 0 Å². The Hall–Kier alpha value is -3.39. The van der Waals surface area contributed by atoms with E-state index < -0.39 is 10.0 Å². The third kappa shape index (κ3) is 3.41. The summed E-state index contributed by atoms with van der Waals surface area (Å²) in [6, 6.07) is 17.2. The molecule has 28 heavy (non-hydrogen) atoms. The van der Waals surface area contributed by atoms with Crippen molar-refractivity contribution in [2.24, 2.45) is 0 Å². The Labute approximate surface area is 161 Å². The predicted octanol–water partition coefficient (Wildman–Crippen LogP) is 3.97. The fourth-order valence-electron chi connectivity index (χ4n) is 2.85. The molecule has 0 amide bonds. The lowest BCUT2D eigenvalue weighted by Gasteiger charge is -2.09. The molecule has 1 heterocycles. The van der Waals surface area contributed by atoms with Crippen LogP contribution in [0.25, 0.3) is 16.6 Å². The first-order valence-corrected chi connectivity index (χ1v) is 9.85. The number of methoxy groups -OCH3 is 1. The fourth-order valence-corrected chi connectivity index (χ4v) is 3.90. The number of nitrogens with zero attached hydrogens (tertiary/aromatic N) is 2. The molecule has 0 bridgehead atoms. The van der Waals surface area contributed by atoms with Crippen molar-refractivity contribution in [1.82, 2.24) is 9.78 Å². The molecule has 0 aliphatic carbocycles. The predicted molar refractivity (Wildman–Crippen MR) is 105 cm³/mol. The van der Waals surface area contributed by atoms with Crippen molar-refractivity contribution in [3.63, 3.8) is 0 Å². The van der Waals surface area contributed by atoms with E-state index in [-0.39, 0.29) is 10.7 Å². The molecule has 0 atom stereocenters. The third-order valence-corrected chi connectivity index (χ3v) is 5.66. The first kappa shape index (κ1) is 18.0. The quantitative estimate of drug-likeness (QED) is 0.553. The summed E-state index contributed by atoms with van der Waals surface area (Å²) in [6.45, 7) is 0. The van der Waals surface area contributed by atoms with Crippen LogP contribution in [0.15, 0.2) is 77.8 Å². The second kappa shape index (κ2) is 6.97. The summed E-state index contributed by atoms with van der Waals surface area (Å²) in [5.74, 6) is 0.254. The normalized spacial score (nSPS) is 11.5. The van der Waals surface area contributed by atoms with Crippen molar-refractivity contribution in [3.8, 4) is 11.4 Å². The van der Waals surface area contributed by atoms with Crippen LogP contribution < -0.4 is 9.46 Å². The van der Waals surface area contributed by atoms with E-state index in [0.717, 1.165) is 10.9 Å². The second-order valence-electron chi connectivity index (χ2n) is 6.09. The lowest BCUT2D eigenvalue weighted by atomic mass is 10.2. The number of sulfonamides is 1. The Morgan fingerprint density at radius 1 is 1.00 bits per heavy atom. The van der Waals surface area contributed by atoms with Gasteiger partial charge in [-0.25, -0.2) is 17.5 Å². The van der Waals surface area contributed by atoms with Gasteiger partial charge in [-0.3, -0.25) is 4.72 Å². The van der Waals surface area contributed by atoms with Gasteiger partial charge in [0.05, 0.1) is 29.4 Å². The number of nitrogens with one attached hydrogen (secondary N) is 1. The van der Waals surface area contributed by atoms with Gasteiger partial charge in [0.2, 0.25) is 0 Å². The molecule has 4 rings (SSSR count). The lowest BCUT2D eigenvalue weighted by molar-refractivity contribution is 0.414. The Morgan fingerprint density at radius 3 is 2.39 bits per heavy atom. The molecule has 142 valence electrons. The van der Waals surface area contributed by atoms with Crippen LogP contribution in [0.1, 0.15) is 0 Å². The highest BCUT2D eigenvalue weighted by Gasteiger charge is 2.15. The van der Waals surface area contributed by atoms with E-state index >= 15 is 0 Å². The second-order valence-corrected chi connectivity index (χ2v) is 7.77. The topological polar surface area (TPSA) is 73.2 Å². The molecule has 0 radical (unpaired) electrons. The number of aromatic nitrogens is 2. The number of halogens is 1. The smallest absolute Gasteiger partial charge is 0.261 e. The number of benzene rings is 3. The average molecular weight is 397 g/mol. The van der Waals surface area contributed by atoms with Crippen molar-refractivity contribution in [1.29, 1.82) is 0 Å². The van der Waals surface area contributed by atoms with Crippen molar-refractivity contribution in [2.75, 3.05) is 11.8 Å². The number of rotatable bonds is 5. The minimum atomic E-state index is -3.73. The Balaban J connectivity index is 1.64. The van der Waals surface area contributed by atoms with Gasteiger partial charge in [0.1, 0.15) is 11.6 Å². The van der Waals surface area contributed by atoms with Crippen LogP contribution in [0.3, 0.4) is 0 Å². The zero-order chi connectivity index (χ0) is 19.7. The van der Waals surface area contributed by atoms with Crippen LogP contribution in [0.2, 0.25) is 0 Å². The Kier molecular flexibility index (Phi) is 4.48. The average Bonchev–Trinajstić information content (AvgIpc) is 3.11. The molecule has 0 fully saturated rings. The SMILES string of the molecule is COc1ccc(S(=O)(=O)Nc2ccc3c(cnn3-c3ccc(F)cc3)c2)cc1. The van der Waals surface area contributed by atoms with Crippen molar-refractivity contribution in [2.45, 2.75) is 4.90 Å². The van der Waals surface area contributed by atoms with E-state index in [9.17, 15) is 12.8 Å². The summed E-state index contributed by atoms with van der Waals surface area (Å²) in [5, 5.41) is 5.06. The third-order valence-electron chi connectivity index (χ3n) is 4.26. The van der Waals surface area contributed by atoms with Gasteiger partial charge in [0, 0.05) is 11.1 Å². The maximum atomic E-state index is 13.1. The minimum Gasteiger partial charge on any atom is -0.497 e. The zero-order valence-electron chi connectivity index (χ0n) is 14.8. The van der Waals surface area contributed by atoms with Crippen molar-refractivity contribution < 1.29 is 17.5 Å². The highest BCUT2D eigenvalue weighted by molar-refractivity contribution is 7.92. The Bertz CT molecular complexity index is 1230. The van der Waals surface area contributed by atoms with E-state index in [4.69, 9.17) is 4.74 Å². The largest absolute Gasteiger partial charge is 0.497 e. The van der Waals surface area contributed by atoms with E-state index in [1.807, 2.05) is 0 Å². The highest BCUT2D eigenvalue weighted by atomic mass is 32.2. The van der Waals surface area contributed by atoms with E-state index in [2.05, 4.69) is 9.82 Å². The molecule has 0 aliphatic heterocycles. The Morgan fingerprint density at radius 2 is 1.71 bits per heavy atom. The van der Waals surface area contributed by atoms with Crippen LogP contribution in [-0.4, -0.2) is 25.3 Å². The van der Waals surface area contributed by atoms with E-state index in [1.54, 1.807) is 53.3 Å². The maximum absolute atomic E-state index is 13.1. The minimum absolute atomic E-state index is 0.135. The first-order valence-electron chi connectivity index (χ1n) is 8.37. The number of fused-ring (bicyclic) bond motifs is 1. The maximum Gasteiger partial charge on any atom is 0.261 e.